The van der Waals surface area contributed by atoms with Gasteiger partial charge in [-0.1, -0.05) is 6.92 Å². The highest BCUT2D eigenvalue weighted by molar-refractivity contribution is 7.16. The summed E-state index contributed by atoms with van der Waals surface area (Å²) in [7, 11) is 4.20. The molecule has 0 saturated heterocycles. The van der Waals surface area contributed by atoms with Crippen molar-refractivity contribution in [2.75, 3.05) is 39.2 Å². The Morgan fingerprint density at radius 3 is 2.76 bits per heavy atom. The molecule has 7 heteroatoms. The van der Waals surface area contributed by atoms with Gasteiger partial charge in [0.1, 0.15) is 10.7 Å². The molecule has 2 aromatic heterocycles. The lowest BCUT2D eigenvalue weighted by Gasteiger charge is -2.20. The van der Waals surface area contributed by atoms with Crippen molar-refractivity contribution < 1.29 is 0 Å². The average Bonchev–Trinajstić information content (AvgIpc) is 2.93. The summed E-state index contributed by atoms with van der Waals surface area (Å²) in [5.74, 6) is 7.10. The van der Waals surface area contributed by atoms with Crippen molar-refractivity contribution in [2.45, 2.75) is 19.9 Å². The average molecular weight is 308 g/mol. The minimum absolute atomic E-state index is 0.709. The van der Waals surface area contributed by atoms with Crippen LogP contribution in [0.4, 0.5) is 5.82 Å². The van der Waals surface area contributed by atoms with Crippen molar-refractivity contribution in [1.82, 2.24) is 19.8 Å². The van der Waals surface area contributed by atoms with E-state index in [0.717, 1.165) is 48.6 Å². The van der Waals surface area contributed by atoms with Crippen LogP contribution in [0.25, 0.3) is 10.2 Å². The lowest BCUT2D eigenvalue weighted by atomic mass is 10.3. The lowest BCUT2D eigenvalue weighted by molar-refractivity contribution is 0.254. The molecule has 0 atom stereocenters. The highest BCUT2D eigenvalue weighted by atomic mass is 32.1. The van der Waals surface area contributed by atoms with Gasteiger partial charge in [-0.15, -0.1) is 11.3 Å². The fourth-order valence-electron chi connectivity index (χ4n) is 2.24. The van der Waals surface area contributed by atoms with Crippen LogP contribution in [0.1, 0.15) is 19.2 Å². The minimum atomic E-state index is 0.709. The largest absolute Gasteiger partial charge is 0.309 e. The second kappa shape index (κ2) is 7.65. The molecule has 116 valence electrons. The molecular weight excluding hydrogens is 284 g/mol. The van der Waals surface area contributed by atoms with Gasteiger partial charge in [-0.25, -0.2) is 15.8 Å². The number of nitrogen functional groups attached to an aromatic ring is 1. The van der Waals surface area contributed by atoms with Crippen LogP contribution < -0.4 is 11.3 Å². The molecular formula is C14H24N6S. The van der Waals surface area contributed by atoms with Crippen molar-refractivity contribution in [1.29, 1.82) is 0 Å². The fraction of sp³-hybridized carbons (Fsp3) is 0.571. The number of fused-ring (bicyclic) bond motifs is 1. The molecule has 0 aliphatic carbocycles. The predicted octanol–water partition coefficient (Wildman–Crippen LogP) is 1.75. The van der Waals surface area contributed by atoms with Gasteiger partial charge in [0.05, 0.1) is 11.9 Å². The van der Waals surface area contributed by atoms with E-state index in [1.54, 1.807) is 11.3 Å². The third-order valence-electron chi connectivity index (χ3n) is 3.40. The van der Waals surface area contributed by atoms with E-state index in [1.807, 2.05) is 11.4 Å². The summed E-state index contributed by atoms with van der Waals surface area (Å²) in [6.45, 7) is 6.06. The van der Waals surface area contributed by atoms with E-state index in [0.29, 0.717) is 5.82 Å². The monoisotopic (exact) mass is 308 g/mol. The summed E-state index contributed by atoms with van der Waals surface area (Å²) < 4.78 is 0. The second-order valence-electron chi connectivity index (χ2n) is 5.30. The summed E-state index contributed by atoms with van der Waals surface area (Å²) >= 11 is 1.62. The topological polar surface area (TPSA) is 70.3 Å². The molecule has 0 unspecified atom stereocenters. The number of hydrogen-bond donors (Lipinski definition) is 2. The summed E-state index contributed by atoms with van der Waals surface area (Å²) in [4.78, 5) is 14.7. The van der Waals surface area contributed by atoms with Gasteiger partial charge in [0, 0.05) is 0 Å². The first-order chi connectivity index (χ1) is 10.1. The third kappa shape index (κ3) is 4.34. The maximum Gasteiger partial charge on any atom is 0.152 e. The number of nitrogens with two attached hydrogens (primary N) is 1. The highest BCUT2D eigenvalue weighted by Crippen LogP contribution is 2.24. The van der Waals surface area contributed by atoms with Crippen molar-refractivity contribution in [3.8, 4) is 0 Å². The van der Waals surface area contributed by atoms with Crippen LogP contribution in [0.3, 0.4) is 0 Å². The first-order valence-corrected chi connectivity index (χ1v) is 8.09. The van der Waals surface area contributed by atoms with E-state index < -0.39 is 0 Å². The summed E-state index contributed by atoms with van der Waals surface area (Å²) in [5, 5.41) is 3.00. The number of nitrogens with zero attached hydrogens (tertiary/aromatic N) is 4. The zero-order valence-electron chi connectivity index (χ0n) is 13.0. The van der Waals surface area contributed by atoms with Crippen molar-refractivity contribution in [3.05, 3.63) is 17.3 Å². The molecule has 21 heavy (non-hydrogen) atoms. The van der Waals surface area contributed by atoms with Crippen LogP contribution in [0.5, 0.6) is 0 Å². The molecule has 0 aliphatic heterocycles. The van der Waals surface area contributed by atoms with Gasteiger partial charge < -0.3 is 10.3 Å². The van der Waals surface area contributed by atoms with Crippen LogP contribution in [-0.4, -0.2) is 53.5 Å². The summed E-state index contributed by atoms with van der Waals surface area (Å²) in [5.41, 5.74) is 2.68. The Kier molecular flexibility index (Phi) is 5.86. The Hall–Kier alpha value is -1.28. The maximum absolute atomic E-state index is 5.57. The van der Waals surface area contributed by atoms with Crippen LogP contribution >= 0.6 is 11.3 Å². The number of anilines is 1. The number of nitrogens with one attached hydrogen (secondary N) is 1. The number of aromatic nitrogens is 2. The molecule has 0 fully saturated rings. The second-order valence-corrected chi connectivity index (χ2v) is 6.19. The van der Waals surface area contributed by atoms with Crippen molar-refractivity contribution >= 4 is 27.4 Å². The zero-order chi connectivity index (χ0) is 15.2. The lowest BCUT2D eigenvalue weighted by Crippen LogP contribution is -2.28. The van der Waals surface area contributed by atoms with E-state index in [-0.39, 0.29) is 0 Å². The van der Waals surface area contributed by atoms with Gasteiger partial charge in [0.15, 0.2) is 5.82 Å². The Morgan fingerprint density at radius 2 is 2.10 bits per heavy atom. The molecule has 0 saturated carbocycles. The van der Waals surface area contributed by atoms with E-state index in [2.05, 4.69) is 46.2 Å². The third-order valence-corrected chi connectivity index (χ3v) is 4.21. The van der Waals surface area contributed by atoms with Gasteiger partial charge in [-0.3, -0.25) is 4.90 Å². The normalized spacial score (nSPS) is 11.7. The minimum Gasteiger partial charge on any atom is -0.309 e. The molecule has 0 spiro atoms. The Labute approximate surface area is 129 Å². The standard InChI is InChI=1S/C14H24N6S/c1-4-20(8-5-7-19(2)3)10-12-16-13(18-15)11-6-9-21-14(11)17-12/h6,9H,4-5,7-8,10,15H2,1-3H3,(H,16,17,18). The van der Waals surface area contributed by atoms with Crippen molar-refractivity contribution in [2.24, 2.45) is 5.84 Å². The SMILES string of the molecule is CCN(CCCN(C)C)Cc1nc(NN)c2ccsc2n1. The first-order valence-electron chi connectivity index (χ1n) is 7.21. The van der Waals surface area contributed by atoms with Gasteiger partial charge in [-0.05, 0) is 51.6 Å². The summed E-state index contributed by atoms with van der Waals surface area (Å²) in [6, 6.07) is 1.99. The summed E-state index contributed by atoms with van der Waals surface area (Å²) in [6.07, 6.45) is 1.14. The van der Waals surface area contributed by atoms with Crippen LogP contribution in [0.2, 0.25) is 0 Å². The molecule has 0 radical (unpaired) electrons. The van der Waals surface area contributed by atoms with Crippen LogP contribution in [0, 0.1) is 0 Å². The van der Waals surface area contributed by atoms with Gasteiger partial charge in [-0.2, -0.15) is 0 Å². The molecule has 0 aromatic carbocycles. The van der Waals surface area contributed by atoms with Crippen LogP contribution in [-0.2, 0) is 6.54 Å². The quantitative estimate of drug-likeness (QED) is 0.572. The molecule has 0 aliphatic rings. The molecule has 3 N–H and O–H groups in total. The van der Waals surface area contributed by atoms with E-state index in [4.69, 9.17) is 5.84 Å². The van der Waals surface area contributed by atoms with E-state index >= 15 is 0 Å². The van der Waals surface area contributed by atoms with E-state index in [1.165, 1.54) is 0 Å². The molecule has 0 amide bonds. The molecule has 2 heterocycles. The van der Waals surface area contributed by atoms with Gasteiger partial charge in [0.25, 0.3) is 0 Å². The smallest absolute Gasteiger partial charge is 0.152 e. The highest BCUT2D eigenvalue weighted by Gasteiger charge is 2.11. The zero-order valence-corrected chi connectivity index (χ0v) is 13.8. The Bertz CT molecular complexity index is 568. The van der Waals surface area contributed by atoms with Crippen LogP contribution in [0.15, 0.2) is 11.4 Å². The van der Waals surface area contributed by atoms with Gasteiger partial charge in [0.2, 0.25) is 0 Å². The fourth-order valence-corrected chi connectivity index (χ4v) is 3.02. The van der Waals surface area contributed by atoms with Crippen molar-refractivity contribution in [3.63, 3.8) is 0 Å². The molecule has 2 aromatic rings. The number of thiophene rings is 1. The molecule has 0 bridgehead atoms. The molecule has 6 nitrogen and oxygen atoms in total. The number of rotatable bonds is 8. The Balaban J connectivity index is 2.06. The number of hydrazine groups is 1. The van der Waals surface area contributed by atoms with Gasteiger partial charge >= 0.3 is 0 Å². The maximum atomic E-state index is 5.57. The van der Waals surface area contributed by atoms with E-state index in [9.17, 15) is 0 Å². The molecule has 2 rings (SSSR count). The first kappa shape index (κ1) is 16.1. The number of hydrogen-bond acceptors (Lipinski definition) is 7. The Morgan fingerprint density at radius 1 is 1.29 bits per heavy atom. The predicted molar refractivity (Wildman–Crippen MR) is 89.3 cm³/mol.